The predicted molar refractivity (Wildman–Crippen MR) is 123 cm³/mol. The van der Waals surface area contributed by atoms with E-state index in [2.05, 4.69) is 9.97 Å². The van der Waals surface area contributed by atoms with Crippen LogP contribution in [0.3, 0.4) is 0 Å². The minimum Gasteiger partial charge on any atom is -0.507 e. The number of nitrogens with zero attached hydrogens (tertiary/aromatic N) is 2. The van der Waals surface area contributed by atoms with Crippen LogP contribution >= 0.6 is 0 Å². The minimum atomic E-state index is -0.757. The summed E-state index contributed by atoms with van der Waals surface area (Å²) in [6.07, 6.45) is 4.86. The summed E-state index contributed by atoms with van der Waals surface area (Å²) in [5.41, 5.74) is 2.85. The normalized spacial score (nSPS) is 17.6. The van der Waals surface area contributed by atoms with Crippen molar-refractivity contribution in [2.24, 2.45) is 0 Å². The van der Waals surface area contributed by atoms with Gasteiger partial charge in [0.15, 0.2) is 0 Å². The number of amides is 1. The van der Waals surface area contributed by atoms with Crippen LogP contribution in [0.2, 0.25) is 0 Å². The molecule has 0 spiro atoms. The quantitative estimate of drug-likeness (QED) is 0.276. The van der Waals surface area contributed by atoms with Crippen LogP contribution in [0.5, 0.6) is 5.75 Å². The zero-order chi connectivity index (χ0) is 22.9. The number of aromatic nitrogens is 2. The number of hydrogen-bond acceptors (Lipinski definition) is 5. The van der Waals surface area contributed by atoms with Gasteiger partial charge in [-0.2, -0.15) is 0 Å². The number of carbonyl (C=O) groups is 2. The van der Waals surface area contributed by atoms with E-state index in [0.717, 1.165) is 16.5 Å². The maximum atomic E-state index is 13.2. The fourth-order valence-corrected chi connectivity index (χ4v) is 4.32. The number of methoxy groups -OCH3 is 1. The highest BCUT2D eigenvalue weighted by Gasteiger charge is 2.46. The molecule has 2 aromatic heterocycles. The third-order valence-corrected chi connectivity index (χ3v) is 5.89. The van der Waals surface area contributed by atoms with Gasteiger partial charge in [0.1, 0.15) is 11.5 Å². The first-order valence-corrected chi connectivity index (χ1v) is 10.5. The van der Waals surface area contributed by atoms with E-state index >= 15 is 0 Å². The van der Waals surface area contributed by atoms with Crippen molar-refractivity contribution in [3.63, 3.8) is 0 Å². The molecule has 3 heterocycles. The van der Waals surface area contributed by atoms with E-state index in [-0.39, 0.29) is 17.9 Å². The first-order chi connectivity index (χ1) is 16.1. The second-order valence-electron chi connectivity index (χ2n) is 7.81. The lowest BCUT2D eigenvalue weighted by Gasteiger charge is -2.25. The van der Waals surface area contributed by atoms with E-state index in [1.807, 2.05) is 48.5 Å². The molecule has 7 nitrogen and oxygen atoms in total. The number of hydrogen-bond donors (Lipinski definition) is 2. The predicted octanol–water partition coefficient (Wildman–Crippen LogP) is 4.19. The number of H-pyrrole nitrogens is 1. The number of likely N-dealkylation sites (tertiary alicyclic amines) is 1. The molecule has 4 aromatic rings. The number of aliphatic hydroxyl groups is 1. The van der Waals surface area contributed by atoms with E-state index in [0.29, 0.717) is 16.9 Å². The molecule has 1 unspecified atom stereocenters. The van der Waals surface area contributed by atoms with Gasteiger partial charge < -0.3 is 19.7 Å². The molecule has 164 valence electrons. The number of rotatable bonds is 5. The Hall–Kier alpha value is -4.39. The third-order valence-electron chi connectivity index (χ3n) is 5.89. The van der Waals surface area contributed by atoms with Crippen LogP contribution in [0, 0.1) is 0 Å². The van der Waals surface area contributed by atoms with Gasteiger partial charge in [-0.15, -0.1) is 0 Å². The Bertz CT molecular complexity index is 1390. The average Bonchev–Trinajstić information content (AvgIpc) is 3.39. The van der Waals surface area contributed by atoms with Crippen molar-refractivity contribution < 1.29 is 19.4 Å². The molecule has 1 amide bonds. The molecule has 33 heavy (non-hydrogen) atoms. The summed E-state index contributed by atoms with van der Waals surface area (Å²) in [6, 6.07) is 17.5. The number of Topliss-reactive ketones (excluding diaryl/α,β-unsaturated/α-hetero) is 1. The molecule has 1 aliphatic heterocycles. The second-order valence-corrected chi connectivity index (χ2v) is 7.81. The number of ether oxygens (including phenoxy) is 1. The van der Waals surface area contributed by atoms with Gasteiger partial charge in [0.25, 0.3) is 11.7 Å². The first-order valence-electron chi connectivity index (χ1n) is 10.5. The van der Waals surface area contributed by atoms with E-state index < -0.39 is 17.7 Å². The molecular formula is C26H21N3O4. The Labute approximate surface area is 190 Å². The van der Waals surface area contributed by atoms with Crippen LogP contribution in [-0.4, -0.2) is 38.8 Å². The molecule has 1 fully saturated rings. The summed E-state index contributed by atoms with van der Waals surface area (Å²) in [4.78, 5) is 35.0. The molecular weight excluding hydrogens is 418 g/mol. The Balaban J connectivity index is 1.66. The number of aliphatic hydroxyl groups excluding tert-OH is 1. The van der Waals surface area contributed by atoms with Crippen LogP contribution in [0.15, 0.2) is 84.8 Å². The molecule has 7 heteroatoms. The molecule has 5 rings (SSSR count). The maximum absolute atomic E-state index is 13.2. The highest BCUT2D eigenvalue weighted by atomic mass is 16.5. The number of aromatic amines is 1. The monoisotopic (exact) mass is 439 g/mol. The SMILES string of the molecule is COc1cccc(CN2C(=O)C(=O)/C(=C(\O)c3c[nH]c4ccccc34)C2c2ccncc2)c1. The second kappa shape index (κ2) is 8.27. The van der Waals surface area contributed by atoms with Crippen LogP contribution < -0.4 is 4.74 Å². The zero-order valence-electron chi connectivity index (χ0n) is 17.9. The number of para-hydroxylation sites is 1. The largest absolute Gasteiger partial charge is 0.507 e. The topological polar surface area (TPSA) is 95.5 Å². The lowest BCUT2D eigenvalue weighted by atomic mass is 9.95. The number of pyridine rings is 1. The number of benzene rings is 2. The van der Waals surface area contributed by atoms with Gasteiger partial charge in [0, 0.05) is 41.6 Å². The highest BCUT2D eigenvalue weighted by molar-refractivity contribution is 6.46. The van der Waals surface area contributed by atoms with Gasteiger partial charge in [-0.25, -0.2) is 0 Å². The lowest BCUT2D eigenvalue weighted by Crippen LogP contribution is -2.29. The Morgan fingerprint density at radius 3 is 2.67 bits per heavy atom. The molecule has 1 aliphatic rings. The number of ketones is 1. The number of carbonyl (C=O) groups excluding carboxylic acids is 2. The van der Waals surface area contributed by atoms with E-state index in [1.54, 1.807) is 37.8 Å². The van der Waals surface area contributed by atoms with Crippen LogP contribution in [0.1, 0.15) is 22.7 Å². The summed E-state index contributed by atoms with van der Waals surface area (Å²) in [7, 11) is 1.57. The van der Waals surface area contributed by atoms with Crippen LogP contribution in [-0.2, 0) is 16.1 Å². The standard InChI is InChI=1S/C26H21N3O4/c1-33-18-6-4-5-16(13-18)15-29-23(17-9-11-27-12-10-17)22(25(31)26(29)32)24(30)20-14-28-21-8-3-2-7-19(20)21/h2-14,23,28,30H,15H2,1H3/b24-22-. The zero-order valence-corrected chi connectivity index (χ0v) is 17.9. The van der Waals surface area contributed by atoms with Crippen molar-refractivity contribution >= 4 is 28.4 Å². The number of fused-ring (bicyclic) bond motifs is 1. The van der Waals surface area contributed by atoms with Crippen molar-refractivity contribution in [1.29, 1.82) is 0 Å². The summed E-state index contributed by atoms with van der Waals surface area (Å²) < 4.78 is 5.30. The summed E-state index contributed by atoms with van der Waals surface area (Å²) >= 11 is 0. The van der Waals surface area contributed by atoms with Gasteiger partial charge in [0.2, 0.25) is 0 Å². The summed E-state index contributed by atoms with van der Waals surface area (Å²) in [5, 5.41) is 12.1. The average molecular weight is 439 g/mol. The smallest absolute Gasteiger partial charge is 0.295 e. The van der Waals surface area contributed by atoms with Crippen molar-refractivity contribution in [2.45, 2.75) is 12.6 Å². The van der Waals surface area contributed by atoms with Crippen molar-refractivity contribution in [1.82, 2.24) is 14.9 Å². The molecule has 1 atom stereocenters. The number of nitrogens with one attached hydrogen (secondary N) is 1. The molecule has 0 radical (unpaired) electrons. The Kier molecular flexibility index (Phi) is 5.14. The van der Waals surface area contributed by atoms with Crippen LogP contribution in [0.4, 0.5) is 0 Å². The fraction of sp³-hybridized carbons (Fsp3) is 0.115. The van der Waals surface area contributed by atoms with E-state index in [1.165, 1.54) is 4.90 Å². The van der Waals surface area contributed by atoms with Crippen molar-refractivity contribution in [3.05, 3.63) is 102 Å². The van der Waals surface area contributed by atoms with Gasteiger partial charge in [-0.05, 0) is 41.5 Å². The molecule has 2 aromatic carbocycles. The Morgan fingerprint density at radius 1 is 1.09 bits per heavy atom. The Morgan fingerprint density at radius 2 is 1.88 bits per heavy atom. The molecule has 2 N–H and O–H groups in total. The maximum Gasteiger partial charge on any atom is 0.295 e. The lowest BCUT2D eigenvalue weighted by molar-refractivity contribution is -0.140. The molecule has 0 aliphatic carbocycles. The minimum absolute atomic E-state index is 0.0545. The molecule has 0 saturated carbocycles. The summed E-state index contributed by atoms with van der Waals surface area (Å²) in [6.45, 7) is 0.180. The van der Waals surface area contributed by atoms with E-state index in [9.17, 15) is 14.7 Å². The van der Waals surface area contributed by atoms with Crippen molar-refractivity contribution in [2.75, 3.05) is 7.11 Å². The van der Waals surface area contributed by atoms with E-state index in [4.69, 9.17) is 4.74 Å². The van der Waals surface area contributed by atoms with Gasteiger partial charge in [0.05, 0.1) is 18.7 Å². The first kappa shape index (κ1) is 20.5. The third kappa shape index (κ3) is 3.53. The van der Waals surface area contributed by atoms with Gasteiger partial charge >= 0.3 is 0 Å². The fourth-order valence-electron chi connectivity index (χ4n) is 4.32. The highest BCUT2D eigenvalue weighted by Crippen LogP contribution is 2.41. The molecule has 1 saturated heterocycles. The van der Waals surface area contributed by atoms with Gasteiger partial charge in [-0.1, -0.05) is 30.3 Å². The summed E-state index contributed by atoms with van der Waals surface area (Å²) in [5.74, 6) is -0.937. The van der Waals surface area contributed by atoms with Crippen molar-refractivity contribution in [3.8, 4) is 5.75 Å². The van der Waals surface area contributed by atoms with Crippen LogP contribution in [0.25, 0.3) is 16.7 Å². The van der Waals surface area contributed by atoms with Gasteiger partial charge in [-0.3, -0.25) is 14.6 Å². The molecule has 0 bridgehead atoms.